The molecule has 1 aliphatic rings. The first-order valence-electron chi connectivity index (χ1n) is 11.5. The Morgan fingerprint density at radius 2 is 1.72 bits per heavy atom. The third-order valence-corrected chi connectivity index (χ3v) is 6.37. The number of carbonyl (C=O) groups excluding carboxylic acids is 2. The largest absolute Gasteiger partial charge is 0.450 e. The van der Waals surface area contributed by atoms with Crippen molar-refractivity contribution in [1.29, 1.82) is 0 Å². The van der Waals surface area contributed by atoms with Crippen LogP contribution in [-0.2, 0) is 11.3 Å². The molecular formula is C26H26Cl2N4O4. The van der Waals surface area contributed by atoms with E-state index in [4.69, 9.17) is 32.7 Å². The number of benzene rings is 2. The van der Waals surface area contributed by atoms with Gasteiger partial charge in [-0.1, -0.05) is 35.3 Å². The number of ether oxygens (including phenoxy) is 2. The molecule has 2 aromatic carbocycles. The molecule has 1 fully saturated rings. The van der Waals surface area contributed by atoms with Crippen molar-refractivity contribution in [3.8, 4) is 11.6 Å². The van der Waals surface area contributed by atoms with Gasteiger partial charge in [0.25, 0.3) is 5.91 Å². The zero-order valence-electron chi connectivity index (χ0n) is 19.7. The van der Waals surface area contributed by atoms with E-state index in [1.165, 1.54) is 12.3 Å². The molecule has 10 heteroatoms. The summed E-state index contributed by atoms with van der Waals surface area (Å²) in [5.74, 6) is 0.748. The third kappa shape index (κ3) is 6.87. The van der Waals surface area contributed by atoms with E-state index in [-0.39, 0.29) is 12.0 Å². The van der Waals surface area contributed by atoms with Gasteiger partial charge in [0.2, 0.25) is 5.88 Å². The number of piperazine rings is 1. The Morgan fingerprint density at radius 3 is 2.36 bits per heavy atom. The first-order valence-corrected chi connectivity index (χ1v) is 12.3. The second kappa shape index (κ2) is 12.1. The van der Waals surface area contributed by atoms with Crippen LogP contribution < -0.4 is 10.1 Å². The molecule has 0 radical (unpaired) electrons. The fourth-order valence-corrected chi connectivity index (χ4v) is 4.00. The Bertz CT molecular complexity index is 1200. The topological polar surface area (TPSA) is 84.0 Å². The van der Waals surface area contributed by atoms with Crippen LogP contribution in [0.2, 0.25) is 10.0 Å². The maximum Gasteiger partial charge on any atom is 0.409 e. The molecule has 36 heavy (non-hydrogen) atoms. The number of carbonyl (C=O) groups is 2. The summed E-state index contributed by atoms with van der Waals surface area (Å²) < 4.78 is 10.9. The van der Waals surface area contributed by atoms with Gasteiger partial charge in [-0.25, -0.2) is 9.78 Å². The van der Waals surface area contributed by atoms with Gasteiger partial charge in [0.15, 0.2) is 0 Å². The van der Waals surface area contributed by atoms with Gasteiger partial charge in [-0.15, -0.1) is 0 Å². The van der Waals surface area contributed by atoms with Crippen LogP contribution >= 0.6 is 23.2 Å². The minimum atomic E-state index is -0.318. The normalized spacial score (nSPS) is 13.8. The summed E-state index contributed by atoms with van der Waals surface area (Å²) in [5, 5.41) is 3.47. The molecule has 1 aliphatic heterocycles. The van der Waals surface area contributed by atoms with Gasteiger partial charge in [-0.2, -0.15) is 0 Å². The third-order valence-electron chi connectivity index (χ3n) is 5.63. The number of amides is 2. The SMILES string of the molecule is CCOC(=O)N1CCN(Cc2ccc(Oc3ccc(NC(=O)c4ccc(Cl)c(Cl)c4)cn3)cc2)CC1. The molecule has 0 saturated carbocycles. The van der Waals surface area contributed by atoms with Gasteiger partial charge in [-0.3, -0.25) is 9.69 Å². The van der Waals surface area contributed by atoms with Gasteiger partial charge in [0.05, 0.1) is 28.5 Å². The quantitative estimate of drug-likeness (QED) is 0.423. The molecule has 1 N–H and O–H groups in total. The molecule has 8 nitrogen and oxygen atoms in total. The van der Waals surface area contributed by atoms with Crippen molar-refractivity contribution >= 4 is 40.9 Å². The highest BCUT2D eigenvalue weighted by Crippen LogP contribution is 2.24. The first kappa shape index (κ1) is 25.8. The van der Waals surface area contributed by atoms with Crippen LogP contribution in [0.4, 0.5) is 10.5 Å². The van der Waals surface area contributed by atoms with E-state index in [1.807, 2.05) is 31.2 Å². The van der Waals surface area contributed by atoms with Crippen molar-refractivity contribution in [2.24, 2.45) is 0 Å². The van der Waals surface area contributed by atoms with Crippen molar-refractivity contribution in [3.63, 3.8) is 0 Å². The van der Waals surface area contributed by atoms with Crippen LogP contribution in [0.5, 0.6) is 11.6 Å². The van der Waals surface area contributed by atoms with Crippen molar-refractivity contribution < 1.29 is 19.1 Å². The van der Waals surface area contributed by atoms with Gasteiger partial charge < -0.3 is 19.7 Å². The summed E-state index contributed by atoms with van der Waals surface area (Å²) in [5.41, 5.74) is 2.07. The molecule has 0 atom stereocenters. The minimum Gasteiger partial charge on any atom is -0.450 e. The number of hydrogen-bond acceptors (Lipinski definition) is 6. The highest BCUT2D eigenvalue weighted by molar-refractivity contribution is 6.42. The van der Waals surface area contributed by atoms with Crippen LogP contribution in [0, 0.1) is 0 Å². The van der Waals surface area contributed by atoms with Crippen LogP contribution in [-0.4, -0.2) is 59.6 Å². The smallest absolute Gasteiger partial charge is 0.409 e. The molecule has 1 aromatic heterocycles. The summed E-state index contributed by atoms with van der Waals surface area (Å²) in [6.07, 6.45) is 1.28. The monoisotopic (exact) mass is 528 g/mol. The molecule has 0 bridgehead atoms. The number of anilines is 1. The summed E-state index contributed by atoms with van der Waals surface area (Å²) in [6.45, 7) is 5.93. The van der Waals surface area contributed by atoms with Crippen molar-refractivity contribution in [2.45, 2.75) is 13.5 Å². The fraction of sp³-hybridized carbons (Fsp3) is 0.269. The van der Waals surface area contributed by atoms with E-state index in [0.29, 0.717) is 52.6 Å². The van der Waals surface area contributed by atoms with E-state index in [0.717, 1.165) is 25.2 Å². The lowest BCUT2D eigenvalue weighted by atomic mass is 10.2. The highest BCUT2D eigenvalue weighted by Gasteiger charge is 2.21. The van der Waals surface area contributed by atoms with E-state index >= 15 is 0 Å². The average molecular weight is 529 g/mol. The molecule has 188 valence electrons. The van der Waals surface area contributed by atoms with Crippen molar-refractivity contribution in [2.75, 3.05) is 38.1 Å². The van der Waals surface area contributed by atoms with E-state index in [2.05, 4.69) is 15.2 Å². The Balaban J connectivity index is 1.26. The van der Waals surface area contributed by atoms with Crippen molar-refractivity contribution in [1.82, 2.24) is 14.8 Å². The number of pyridine rings is 1. The summed E-state index contributed by atoms with van der Waals surface area (Å²) in [7, 11) is 0. The van der Waals surface area contributed by atoms with Crippen molar-refractivity contribution in [3.05, 3.63) is 82.0 Å². The predicted molar refractivity (Wildman–Crippen MR) is 139 cm³/mol. The standard InChI is InChI=1S/C26H26Cl2N4O4/c1-2-35-26(34)32-13-11-31(12-14-32)17-18-3-7-21(8-4-18)36-24-10-6-20(16-29-24)30-25(33)19-5-9-22(27)23(28)15-19/h3-10,15-16H,2,11-14,17H2,1H3,(H,30,33). The zero-order chi connectivity index (χ0) is 25.5. The summed E-state index contributed by atoms with van der Waals surface area (Å²) >= 11 is 11.9. The molecule has 0 spiro atoms. The van der Waals surface area contributed by atoms with Crippen LogP contribution in [0.15, 0.2) is 60.8 Å². The number of halogens is 2. The Kier molecular flexibility index (Phi) is 8.64. The van der Waals surface area contributed by atoms with Crippen LogP contribution in [0.3, 0.4) is 0 Å². The number of nitrogens with zero attached hydrogens (tertiary/aromatic N) is 3. The first-order chi connectivity index (χ1) is 17.4. The molecular weight excluding hydrogens is 503 g/mol. The lowest BCUT2D eigenvalue weighted by molar-refractivity contribution is 0.0778. The molecule has 2 heterocycles. The molecule has 2 amide bonds. The molecule has 4 rings (SSSR count). The maximum absolute atomic E-state index is 12.4. The van der Waals surface area contributed by atoms with Gasteiger partial charge >= 0.3 is 6.09 Å². The van der Waals surface area contributed by atoms with Crippen LogP contribution in [0.25, 0.3) is 0 Å². The number of aromatic nitrogens is 1. The molecule has 0 unspecified atom stereocenters. The van der Waals surface area contributed by atoms with Gasteiger partial charge in [0, 0.05) is 44.4 Å². The number of hydrogen-bond donors (Lipinski definition) is 1. The Hall–Kier alpha value is -3.33. The van der Waals surface area contributed by atoms with E-state index in [9.17, 15) is 9.59 Å². The summed E-state index contributed by atoms with van der Waals surface area (Å²) in [4.78, 5) is 32.6. The lowest BCUT2D eigenvalue weighted by Crippen LogP contribution is -2.48. The molecule has 1 saturated heterocycles. The van der Waals surface area contributed by atoms with E-state index < -0.39 is 0 Å². The van der Waals surface area contributed by atoms with Gasteiger partial charge in [-0.05, 0) is 48.9 Å². The highest BCUT2D eigenvalue weighted by atomic mass is 35.5. The fourth-order valence-electron chi connectivity index (χ4n) is 3.70. The predicted octanol–water partition coefficient (Wildman–Crippen LogP) is 5.71. The molecule has 0 aliphatic carbocycles. The number of rotatable bonds is 7. The number of nitrogens with one attached hydrogen (secondary N) is 1. The zero-order valence-corrected chi connectivity index (χ0v) is 21.3. The Morgan fingerprint density at radius 1 is 0.972 bits per heavy atom. The average Bonchev–Trinajstić information content (AvgIpc) is 2.88. The minimum absolute atomic E-state index is 0.242. The Labute approximate surface area is 219 Å². The lowest BCUT2D eigenvalue weighted by Gasteiger charge is -2.34. The second-order valence-corrected chi connectivity index (χ2v) is 8.99. The van der Waals surface area contributed by atoms with E-state index in [1.54, 1.807) is 29.2 Å². The maximum atomic E-state index is 12.4. The second-order valence-electron chi connectivity index (χ2n) is 8.18. The van der Waals surface area contributed by atoms with Crippen LogP contribution in [0.1, 0.15) is 22.8 Å². The van der Waals surface area contributed by atoms with Gasteiger partial charge in [0.1, 0.15) is 5.75 Å². The molecule has 3 aromatic rings. The summed E-state index contributed by atoms with van der Waals surface area (Å²) in [6, 6.07) is 15.9.